The van der Waals surface area contributed by atoms with Crippen LogP contribution in [0, 0.1) is 11.8 Å². The largest absolute Gasteiger partial charge is 0.481 e. The molecule has 0 aliphatic heterocycles. The Morgan fingerprint density at radius 3 is 2.38 bits per heavy atom. The number of carbonyl (C=O) groups is 2. The summed E-state index contributed by atoms with van der Waals surface area (Å²) in [4.78, 5) is 23.7. The van der Waals surface area contributed by atoms with Crippen LogP contribution in [0.1, 0.15) is 28.4 Å². The third-order valence-electron chi connectivity index (χ3n) is 6.05. The number of benzene rings is 3. The summed E-state index contributed by atoms with van der Waals surface area (Å²) < 4.78 is 35.6. The standard InChI is InChI=1S/C29H26N2O7S/c1-2-3-15-38-23-10-12-24(13-11-23)39(36,37)30-26(29(34)35)17-22-19-31(18-20-7-5-4-6-8-20)27-14-9-21(28(32)33)16-25(22)27/h4-14,16,19,26,30H,15,17-18H2,1H3,(H,32,33)(H,34,35)/t26-/m0/s1. The van der Waals surface area contributed by atoms with Gasteiger partial charge in [0.2, 0.25) is 10.0 Å². The first kappa shape index (κ1) is 27.4. The number of aromatic nitrogens is 1. The molecule has 39 heavy (non-hydrogen) atoms. The predicted molar refractivity (Wildman–Crippen MR) is 145 cm³/mol. The summed E-state index contributed by atoms with van der Waals surface area (Å²) in [6, 6.07) is 18.3. The van der Waals surface area contributed by atoms with Crippen LogP contribution in [-0.2, 0) is 27.8 Å². The van der Waals surface area contributed by atoms with Gasteiger partial charge in [-0.05, 0) is 60.5 Å². The SMILES string of the molecule is CC#CCOc1ccc(S(=O)(=O)N[C@@H](Cc2cn(Cc3ccccc3)c3ccc(C(=O)O)cc23)C(=O)O)cc1. The van der Waals surface area contributed by atoms with Crippen molar-refractivity contribution in [3.8, 4) is 17.6 Å². The number of rotatable bonds is 11. The molecule has 4 aromatic rings. The maximum absolute atomic E-state index is 13.0. The second-order valence-corrected chi connectivity index (χ2v) is 10.4. The third-order valence-corrected chi connectivity index (χ3v) is 7.54. The van der Waals surface area contributed by atoms with Crippen molar-refractivity contribution in [3.63, 3.8) is 0 Å². The number of aliphatic carboxylic acids is 1. The van der Waals surface area contributed by atoms with Crippen LogP contribution in [0.2, 0.25) is 0 Å². The zero-order valence-electron chi connectivity index (χ0n) is 21.0. The van der Waals surface area contributed by atoms with E-state index < -0.39 is 28.0 Å². The Bertz CT molecular complexity index is 1670. The second kappa shape index (κ2) is 11.9. The Hall–Kier alpha value is -4.59. The normalized spacial score (nSPS) is 11.9. The number of aromatic carboxylic acids is 1. The molecule has 0 radical (unpaired) electrons. The number of hydrogen-bond acceptors (Lipinski definition) is 5. The lowest BCUT2D eigenvalue weighted by atomic mass is 10.0. The molecule has 1 aromatic heterocycles. The Morgan fingerprint density at radius 1 is 1.03 bits per heavy atom. The van der Waals surface area contributed by atoms with Gasteiger partial charge in [-0.2, -0.15) is 4.72 Å². The van der Waals surface area contributed by atoms with Gasteiger partial charge in [0.05, 0.1) is 10.5 Å². The Balaban J connectivity index is 1.63. The second-order valence-electron chi connectivity index (χ2n) is 8.71. The average Bonchev–Trinajstić information content (AvgIpc) is 3.25. The van der Waals surface area contributed by atoms with Gasteiger partial charge >= 0.3 is 11.9 Å². The van der Waals surface area contributed by atoms with Crippen LogP contribution in [0.3, 0.4) is 0 Å². The van der Waals surface area contributed by atoms with Gasteiger partial charge in [0.15, 0.2) is 0 Å². The smallest absolute Gasteiger partial charge is 0.335 e. The Morgan fingerprint density at radius 2 is 1.74 bits per heavy atom. The van der Waals surface area contributed by atoms with E-state index in [0.717, 1.165) is 5.56 Å². The van der Waals surface area contributed by atoms with Gasteiger partial charge in [0.25, 0.3) is 0 Å². The summed E-state index contributed by atoms with van der Waals surface area (Å²) in [5.74, 6) is 3.37. The molecule has 0 amide bonds. The van der Waals surface area contributed by atoms with Gasteiger partial charge in [0.1, 0.15) is 18.4 Å². The maximum Gasteiger partial charge on any atom is 0.335 e. The minimum atomic E-state index is -4.20. The van der Waals surface area contributed by atoms with Crippen molar-refractivity contribution < 1.29 is 33.0 Å². The Kier molecular flexibility index (Phi) is 8.34. The molecule has 3 aromatic carbocycles. The minimum Gasteiger partial charge on any atom is -0.481 e. The van der Waals surface area contributed by atoms with Crippen LogP contribution in [-0.4, -0.2) is 47.8 Å². The quantitative estimate of drug-likeness (QED) is 0.244. The first-order chi connectivity index (χ1) is 18.7. The molecule has 10 heteroatoms. The van der Waals surface area contributed by atoms with E-state index in [2.05, 4.69) is 16.6 Å². The molecule has 9 nitrogen and oxygen atoms in total. The summed E-state index contributed by atoms with van der Waals surface area (Å²) in [7, 11) is -4.20. The van der Waals surface area contributed by atoms with Gasteiger partial charge in [-0.3, -0.25) is 4.79 Å². The van der Waals surface area contributed by atoms with Crippen molar-refractivity contribution in [1.29, 1.82) is 0 Å². The van der Waals surface area contributed by atoms with Crippen molar-refractivity contribution in [2.75, 3.05) is 6.61 Å². The number of carboxylic acids is 2. The van der Waals surface area contributed by atoms with E-state index in [0.29, 0.717) is 28.8 Å². The van der Waals surface area contributed by atoms with Gasteiger partial charge < -0.3 is 19.5 Å². The van der Waals surface area contributed by atoms with E-state index >= 15 is 0 Å². The lowest BCUT2D eigenvalue weighted by Gasteiger charge is -2.15. The van der Waals surface area contributed by atoms with E-state index in [4.69, 9.17) is 4.74 Å². The van der Waals surface area contributed by atoms with Crippen LogP contribution < -0.4 is 9.46 Å². The molecule has 0 aliphatic carbocycles. The van der Waals surface area contributed by atoms with Crippen molar-refractivity contribution >= 4 is 32.9 Å². The fourth-order valence-electron chi connectivity index (χ4n) is 4.14. The molecule has 200 valence electrons. The first-order valence-electron chi connectivity index (χ1n) is 11.9. The highest BCUT2D eigenvalue weighted by molar-refractivity contribution is 7.89. The van der Waals surface area contributed by atoms with Crippen LogP contribution >= 0.6 is 0 Å². The summed E-state index contributed by atoms with van der Waals surface area (Å²) in [5.41, 5.74) is 2.24. The van der Waals surface area contributed by atoms with Crippen LogP contribution in [0.4, 0.5) is 0 Å². The topological polar surface area (TPSA) is 135 Å². The third kappa shape index (κ3) is 6.65. The molecule has 0 saturated heterocycles. The summed E-state index contributed by atoms with van der Waals surface area (Å²) >= 11 is 0. The highest BCUT2D eigenvalue weighted by Crippen LogP contribution is 2.26. The van der Waals surface area contributed by atoms with E-state index in [-0.39, 0.29) is 23.5 Å². The fourth-order valence-corrected chi connectivity index (χ4v) is 5.33. The number of nitrogens with one attached hydrogen (secondary N) is 1. The molecular formula is C29H26N2O7S. The van der Waals surface area contributed by atoms with E-state index in [1.54, 1.807) is 19.2 Å². The van der Waals surface area contributed by atoms with Crippen molar-refractivity contribution in [2.45, 2.75) is 30.8 Å². The summed E-state index contributed by atoms with van der Waals surface area (Å²) in [6.45, 7) is 2.30. The molecule has 0 aliphatic rings. The van der Waals surface area contributed by atoms with Gasteiger partial charge in [-0.15, -0.1) is 5.92 Å². The zero-order chi connectivity index (χ0) is 28.0. The first-order valence-corrected chi connectivity index (χ1v) is 13.4. The number of fused-ring (bicyclic) bond motifs is 1. The van der Waals surface area contributed by atoms with Gasteiger partial charge in [-0.25, -0.2) is 13.2 Å². The lowest BCUT2D eigenvalue weighted by molar-refractivity contribution is -0.138. The summed E-state index contributed by atoms with van der Waals surface area (Å²) in [6.07, 6.45) is 1.53. The van der Waals surface area contributed by atoms with Crippen molar-refractivity contribution in [1.82, 2.24) is 9.29 Å². The van der Waals surface area contributed by atoms with Crippen LogP contribution in [0.25, 0.3) is 10.9 Å². The molecule has 3 N–H and O–H groups in total. The Labute approximate surface area is 225 Å². The molecule has 1 atom stereocenters. The molecule has 0 saturated carbocycles. The number of hydrogen-bond donors (Lipinski definition) is 3. The minimum absolute atomic E-state index is 0.0425. The lowest BCUT2D eigenvalue weighted by Crippen LogP contribution is -2.42. The molecule has 0 unspecified atom stereocenters. The van der Waals surface area contributed by atoms with Crippen molar-refractivity contribution in [3.05, 3.63) is 95.7 Å². The highest BCUT2D eigenvalue weighted by atomic mass is 32.2. The maximum atomic E-state index is 13.0. The monoisotopic (exact) mass is 546 g/mol. The number of sulfonamides is 1. The molecule has 0 spiro atoms. The molecule has 0 bridgehead atoms. The number of ether oxygens (including phenoxy) is 1. The summed E-state index contributed by atoms with van der Waals surface area (Å²) in [5, 5.41) is 19.9. The van der Waals surface area contributed by atoms with Gasteiger partial charge in [-0.1, -0.05) is 36.3 Å². The fraction of sp³-hybridized carbons (Fsp3) is 0.172. The highest BCUT2D eigenvalue weighted by Gasteiger charge is 2.27. The zero-order valence-corrected chi connectivity index (χ0v) is 21.8. The molecule has 4 rings (SSSR count). The average molecular weight is 547 g/mol. The van der Waals surface area contributed by atoms with Crippen molar-refractivity contribution in [2.24, 2.45) is 0 Å². The van der Waals surface area contributed by atoms with E-state index in [1.807, 2.05) is 34.9 Å². The van der Waals surface area contributed by atoms with Crippen LogP contribution in [0.15, 0.2) is 83.9 Å². The van der Waals surface area contributed by atoms with Gasteiger partial charge in [0, 0.05) is 30.1 Å². The van der Waals surface area contributed by atoms with Crippen LogP contribution in [0.5, 0.6) is 5.75 Å². The number of carboxylic acid groups (broad SMARTS) is 2. The van der Waals surface area contributed by atoms with E-state index in [1.165, 1.54) is 36.4 Å². The molecular weight excluding hydrogens is 520 g/mol. The van der Waals surface area contributed by atoms with E-state index in [9.17, 15) is 28.2 Å². The predicted octanol–water partition coefficient (Wildman–Crippen LogP) is 3.76. The molecule has 1 heterocycles. The molecule has 0 fully saturated rings. The number of nitrogens with zero attached hydrogens (tertiary/aromatic N) is 1.